The summed E-state index contributed by atoms with van der Waals surface area (Å²) >= 11 is 0. The largest absolute Gasteiger partial charge is 0.491 e. The molecular weight excluding hydrogens is 412 g/mol. The molecule has 2 N–H and O–H groups in total. The molecule has 1 heterocycles. The van der Waals surface area contributed by atoms with Crippen molar-refractivity contribution in [3.63, 3.8) is 0 Å². The number of hydrogen-bond acceptors (Lipinski definition) is 4. The lowest BCUT2D eigenvalue weighted by Gasteiger charge is -2.32. The van der Waals surface area contributed by atoms with Gasteiger partial charge in [0.15, 0.2) is 0 Å². The number of aliphatic hydroxyl groups is 1. The number of piperidine rings is 1. The molecule has 1 aliphatic heterocycles. The zero-order chi connectivity index (χ0) is 22.9. The fourth-order valence-corrected chi connectivity index (χ4v) is 4.22. The van der Waals surface area contributed by atoms with E-state index in [0.29, 0.717) is 13.1 Å². The van der Waals surface area contributed by atoms with Crippen molar-refractivity contribution in [3.8, 4) is 16.9 Å². The molecule has 3 aromatic rings. The van der Waals surface area contributed by atoms with Crippen LogP contribution in [0.4, 0.5) is 0 Å². The predicted octanol–water partition coefficient (Wildman–Crippen LogP) is 4.12. The molecule has 3 aromatic carbocycles. The third kappa shape index (κ3) is 6.91. The van der Waals surface area contributed by atoms with Gasteiger partial charge in [-0.1, -0.05) is 72.8 Å². The molecule has 0 aromatic heterocycles. The first-order chi connectivity index (χ1) is 16.2. The molecule has 1 fully saturated rings. The molecule has 172 valence electrons. The number of β-amino-alcohol motifs (C(OH)–C–C–N with tert-alkyl or cyclic N) is 1. The average Bonchev–Trinajstić information content (AvgIpc) is 2.88. The Morgan fingerprint density at radius 1 is 0.909 bits per heavy atom. The lowest BCUT2D eigenvalue weighted by molar-refractivity contribution is -0.126. The summed E-state index contributed by atoms with van der Waals surface area (Å²) in [5, 5.41) is 13.5. The van der Waals surface area contributed by atoms with Crippen LogP contribution in [0.1, 0.15) is 18.4 Å². The van der Waals surface area contributed by atoms with Gasteiger partial charge in [-0.05, 0) is 54.8 Å². The van der Waals surface area contributed by atoms with Gasteiger partial charge in [0.2, 0.25) is 5.91 Å². The molecule has 0 bridgehead atoms. The van der Waals surface area contributed by atoms with E-state index in [0.717, 1.165) is 42.8 Å². The van der Waals surface area contributed by atoms with E-state index < -0.39 is 6.10 Å². The highest BCUT2D eigenvalue weighted by molar-refractivity contribution is 5.78. The number of aliphatic hydroxyl groups excluding tert-OH is 1. The smallest absolute Gasteiger partial charge is 0.223 e. The van der Waals surface area contributed by atoms with E-state index in [-0.39, 0.29) is 18.4 Å². The standard InChI is InChI=1S/C28H32N2O3/c31-26(21-33-27-13-11-24(12-14-27)23-9-5-2-6-10-23)20-30-17-15-25(16-18-30)28(32)29-19-22-7-3-1-4-8-22/h1-14,25-26,31H,15-21H2,(H,29,32). The monoisotopic (exact) mass is 444 g/mol. The Morgan fingerprint density at radius 2 is 1.52 bits per heavy atom. The van der Waals surface area contributed by atoms with Crippen LogP contribution in [0.25, 0.3) is 11.1 Å². The van der Waals surface area contributed by atoms with Gasteiger partial charge in [-0.2, -0.15) is 0 Å². The van der Waals surface area contributed by atoms with Crippen LogP contribution in [0.5, 0.6) is 5.75 Å². The topological polar surface area (TPSA) is 61.8 Å². The van der Waals surface area contributed by atoms with Gasteiger partial charge in [-0.15, -0.1) is 0 Å². The second-order valence-electron chi connectivity index (χ2n) is 8.63. The molecule has 1 unspecified atom stereocenters. The summed E-state index contributed by atoms with van der Waals surface area (Å²) in [6.07, 6.45) is 1.06. The van der Waals surface area contributed by atoms with Gasteiger partial charge in [0.1, 0.15) is 18.5 Å². The van der Waals surface area contributed by atoms with Gasteiger partial charge in [0.05, 0.1) is 0 Å². The third-order valence-corrected chi connectivity index (χ3v) is 6.14. The minimum absolute atomic E-state index is 0.0430. The Bertz CT molecular complexity index is 985. The van der Waals surface area contributed by atoms with Crippen molar-refractivity contribution >= 4 is 5.91 Å². The van der Waals surface area contributed by atoms with Crippen molar-refractivity contribution in [1.82, 2.24) is 10.2 Å². The number of rotatable bonds is 9. The first-order valence-corrected chi connectivity index (χ1v) is 11.7. The van der Waals surface area contributed by atoms with Crippen LogP contribution >= 0.6 is 0 Å². The molecule has 5 nitrogen and oxygen atoms in total. The van der Waals surface area contributed by atoms with Gasteiger partial charge in [0, 0.05) is 19.0 Å². The summed E-state index contributed by atoms with van der Waals surface area (Å²) < 4.78 is 5.79. The zero-order valence-corrected chi connectivity index (χ0v) is 18.9. The number of nitrogens with zero attached hydrogens (tertiary/aromatic N) is 1. The van der Waals surface area contributed by atoms with Crippen molar-refractivity contribution in [3.05, 3.63) is 90.5 Å². The molecule has 1 aliphatic rings. The highest BCUT2D eigenvalue weighted by Crippen LogP contribution is 2.22. The number of carbonyl (C=O) groups excluding carboxylic acids is 1. The number of benzene rings is 3. The van der Waals surface area contributed by atoms with Crippen LogP contribution in [0.2, 0.25) is 0 Å². The molecule has 33 heavy (non-hydrogen) atoms. The van der Waals surface area contributed by atoms with Crippen LogP contribution in [-0.2, 0) is 11.3 Å². The van der Waals surface area contributed by atoms with Crippen molar-refractivity contribution in [2.24, 2.45) is 5.92 Å². The molecule has 1 saturated heterocycles. The fourth-order valence-electron chi connectivity index (χ4n) is 4.22. The third-order valence-electron chi connectivity index (χ3n) is 6.14. The van der Waals surface area contributed by atoms with E-state index in [9.17, 15) is 9.90 Å². The Kier molecular flexibility index (Phi) is 8.12. The lowest BCUT2D eigenvalue weighted by atomic mass is 9.95. The average molecular weight is 445 g/mol. The van der Waals surface area contributed by atoms with Crippen LogP contribution in [-0.4, -0.2) is 48.3 Å². The zero-order valence-electron chi connectivity index (χ0n) is 18.9. The summed E-state index contributed by atoms with van der Waals surface area (Å²) in [4.78, 5) is 14.7. The van der Waals surface area contributed by atoms with Crippen molar-refractivity contribution in [2.75, 3.05) is 26.2 Å². The quantitative estimate of drug-likeness (QED) is 0.521. The van der Waals surface area contributed by atoms with Crippen molar-refractivity contribution < 1.29 is 14.6 Å². The number of amides is 1. The van der Waals surface area contributed by atoms with Gasteiger partial charge in [0.25, 0.3) is 0 Å². The highest BCUT2D eigenvalue weighted by atomic mass is 16.5. The molecule has 5 heteroatoms. The molecule has 0 saturated carbocycles. The summed E-state index contributed by atoms with van der Waals surface area (Å²) in [5.74, 6) is 0.922. The van der Waals surface area contributed by atoms with Crippen LogP contribution in [0.3, 0.4) is 0 Å². The molecule has 0 radical (unpaired) electrons. The van der Waals surface area contributed by atoms with Gasteiger partial charge < -0.3 is 20.1 Å². The minimum Gasteiger partial charge on any atom is -0.491 e. The summed E-state index contributed by atoms with van der Waals surface area (Å²) in [6.45, 7) is 3.00. The normalized spacial score (nSPS) is 15.7. The van der Waals surface area contributed by atoms with E-state index >= 15 is 0 Å². The first kappa shape index (κ1) is 23.0. The Labute approximate surface area is 196 Å². The minimum atomic E-state index is -0.567. The maximum absolute atomic E-state index is 12.5. The van der Waals surface area contributed by atoms with E-state index in [1.54, 1.807) is 0 Å². The Hall–Kier alpha value is -3.15. The van der Waals surface area contributed by atoms with Gasteiger partial charge in [-0.3, -0.25) is 4.79 Å². The fraction of sp³-hybridized carbons (Fsp3) is 0.321. The molecule has 0 aliphatic carbocycles. The molecular formula is C28H32N2O3. The number of ether oxygens (including phenoxy) is 1. The van der Waals surface area contributed by atoms with E-state index in [2.05, 4.69) is 22.3 Å². The Balaban J connectivity index is 1.15. The molecule has 1 amide bonds. The number of nitrogens with one attached hydrogen (secondary N) is 1. The Morgan fingerprint density at radius 3 is 2.18 bits per heavy atom. The van der Waals surface area contributed by atoms with E-state index in [1.165, 1.54) is 5.56 Å². The maximum atomic E-state index is 12.5. The second kappa shape index (κ2) is 11.6. The molecule has 4 rings (SSSR count). The summed E-state index contributed by atoms with van der Waals surface area (Å²) in [6, 6.07) is 28.1. The van der Waals surface area contributed by atoms with Crippen LogP contribution < -0.4 is 10.1 Å². The SMILES string of the molecule is O=C(NCc1ccccc1)C1CCN(CC(O)COc2ccc(-c3ccccc3)cc2)CC1. The summed E-state index contributed by atoms with van der Waals surface area (Å²) in [5.41, 5.74) is 3.42. The molecule has 1 atom stereocenters. The van der Waals surface area contributed by atoms with Gasteiger partial charge in [-0.25, -0.2) is 0 Å². The molecule has 0 spiro atoms. The number of carbonyl (C=O) groups is 1. The van der Waals surface area contributed by atoms with Crippen molar-refractivity contribution in [2.45, 2.75) is 25.5 Å². The summed E-state index contributed by atoms with van der Waals surface area (Å²) in [7, 11) is 0. The predicted molar refractivity (Wildman–Crippen MR) is 131 cm³/mol. The number of hydrogen-bond donors (Lipinski definition) is 2. The first-order valence-electron chi connectivity index (χ1n) is 11.7. The van der Waals surface area contributed by atoms with Crippen LogP contribution in [0, 0.1) is 5.92 Å². The van der Waals surface area contributed by atoms with Crippen LogP contribution in [0.15, 0.2) is 84.9 Å². The van der Waals surface area contributed by atoms with Gasteiger partial charge >= 0.3 is 0 Å². The second-order valence-corrected chi connectivity index (χ2v) is 8.63. The number of likely N-dealkylation sites (tertiary alicyclic amines) is 1. The maximum Gasteiger partial charge on any atom is 0.223 e. The van der Waals surface area contributed by atoms with Crippen molar-refractivity contribution in [1.29, 1.82) is 0 Å². The lowest BCUT2D eigenvalue weighted by Crippen LogP contribution is -2.44. The highest BCUT2D eigenvalue weighted by Gasteiger charge is 2.25. The van der Waals surface area contributed by atoms with E-state index in [4.69, 9.17) is 4.74 Å². The van der Waals surface area contributed by atoms with E-state index in [1.807, 2.05) is 72.8 Å².